The van der Waals surface area contributed by atoms with Crippen molar-refractivity contribution >= 4 is 22.5 Å². The van der Waals surface area contributed by atoms with Gasteiger partial charge in [-0.05, 0) is 37.6 Å². The first kappa shape index (κ1) is 21.4. The third-order valence-corrected chi connectivity index (χ3v) is 5.56. The number of nitrogens with zero attached hydrogens (tertiary/aromatic N) is 5. The fourth-order valence-corrected chi connectivity index (χ4v) is 3.89. The second kappa shape index (κ2) is 8.14. The molecule has 0 amide bonds. The lowest BCUT2D eigenvalue weighted by atomic mass is 10.0. The number of aryl methyl sites for hydroxylation is 1. The van der Waals surface area contributed by atoms with Crippen molar-refractivity contribution in [1.29, 1.82) is 0 Å². The Bertz CT molecular complexity index is 1320. The van der Waals surface area contributed by atoms with Crippen LogP contribution in [0.25, 0.3) is 16.7 Å². The third kappa shape index (κ3) is 4.15. The van der Waals surface area contributed by atoms with E-state index in [1.54, 1.807) is 36.7 Å². The van der Waals surface area contributed by atoms with Gasteiger partial charge >= 0.3 is 6.18 Å². The van der Waals surface area contributed by atoms with Crippen molar-refractivity contribution in [3.63, 3.8) is 0 Å². The first-order chi connectivity index (χ1) is 15.8. The number of nitrogens with one attached hydrogen (secondary N) is 1. The predicted octanol–water partition coefficient (Wildman–Crippen LogP) is 4.34. The molecule has 1 saturated heterocycles. The summed E-state index contributed by atoms with van der Waals surface area (Å²) in [6.45, 7) is 4.64. The van der Waals surface area contributed by atoms with Crippen LogP contribution in [-0.4, -0.2) is 43.9 Å². The van der Waals surface area contributed by atoms with E-state index in [-0.39, 0.29) is 6.10 Å². The average Bonchev–Trinajstić information content (AvgIpc) is 3.46. The zero-order valence-electron chi connectivity index (χ0n) is 17.9. The molecule has 1 aliphatic rings. The lowest BCUT2D eigenvalue weighted by molar-refractivity contribution is -0.137. The van der Waals surface area contributed by atoms with Crippen molar-refractivity contribution in [3.8, 4) is 5.75 Å². The van der Waals surface area contributed by atoms with E-state index in [0.29, 0.717) is 52.8 Å². The van der Waals surface area contributed by atoms with Crippen LogP contribution in [0.1, 0.15) is 36.3 Å². The topological polar surface area (TPSA) is 86.5 Å². The van der Waals surface area contributed by atoms with Crippen LogP contribution in [0.4, 0.5) is 19.0 Å². The SMILES string of the molecule is Cc1nc(N[C@H](C)c2cccc(C(F)(F)F)c2)c2cc(O[C@H]3CCOC3)c3nncn3c2n1. The Kier molecular flexibility index (Phi) is 5.28. The number of aromatic nitrogens is 5. The maximum absolute atomic E-state index is 13.2. The van der Waals surface area contributed by atoms with E-state index in [9.17, 15) is 13.2 Å². The van der Waals surface area contributed by atoms with Crippen molar-refractivity contribution in [2.75, 3.05) is 18.5 Å². The molecular formula is C22H21F3N6O2. The van der Waals surface area contributed by atoms with Crippen molar-refractivity contribution < 1.29 is 22.6 Å². The summed E-state index contributed by atoms with van der Waals surface area (Å²) in [5, 5.41) is 12.1. The molecule has 1 fully saturated rings. The number of alkyl halides is 3. The second-order valence-electron chi connectivity index (χ2n) is 7.98. The van der Waals surface area contributed by atoms with Crippen molar-refractivity contribution in [3.05, 3.63) is 53.6 Å². The highest BCUT2D eigenvalue weighted by Gasteiger charge is 2.31. The van der Waals surface area contributed by atoms with Gasteiger partial charge in [-0.2, -0.15) is 13.2 Å². The largest absolute Gasteiger partial charge is 0.484 e. The number of ether oxygens (including phenoxy) is 2. The Morgan fingerprint density at radius 3 is 2.82 bits per heavy atom. The summed E-state index contributed by atoms with van der Waals surface area (Å²) in [7, 11) is 0. The Hall–Kier alpha value is -3.47. The van der Waals surface area contributed by atoms with Gasteiger partial charge in [-0.3, -0.25) is 4.40 Å². The molecule has 1 aromatic carbocycles. The maximum Gasteiger partial charge on any atom is 0.416 e. The van der Waals surface area contributed by atoms with E-state index in [0.717, 1.165) is 18.6 Å². The van der Waals surface area contributed by atoms with Crippen LogP contribution >= 0.6 is 0 Å². The van der Waals surface area contributed by atoms with E-state index in [1.807, 2.05) is 0 Å². The van der Waals surface area contributed by atoms with E-state index in [2.05, 4.69) is 25.5 Å². The van der Waals surface area contributed by atoms with Crippen molar-refractivity contribution in [2.45, 2.75) is 38.6 Å². The summed E-state index contributed by atoms with van der Waals surface area (Å²) in [6.07, 6.45) is -2.21. The first-order valence-electron chi connectivity index (χ1n) is 10.5. The van der Waals surface area contributed by atoms with Crippen LogP contribution in [0, 0.1) is 6.92 Å². The number of hydrogen-bond donors (Lipinski definition) is 1. The number of halogens is 3. The molecule has 5 rings (SSSR count). The summed E-state index contributed by atoms with van der Waals surface area (Å²) < 4.78 is 52.8. The zero-order chi connectivity index (χ0) is 23.2. The van der Waals surface area contributed by atoms with Gasteiger partial charge in [0.15, 0.2) is 11.4 Å². The molecule has 8 nitrogen and oxygen atoms in total. The minimum atomic E-state index is -4.41. The molecule has 1 aliphatic heterocycles. The van der Waals surface area contributed by atoms with Gasteiger partial charge in [-0.25, -0.2) is 9.97 Å². The molecule has 0 bridgehead atoms. The van der Waals surface area contributed by atoms with Crippen molar-refractivity contribution in [1.82, 2.24) is 24.6 Å². The molecule has 0 radical (unpaired) electrons. The summed E-state index contributed by atoms with van der Waals surface area (Å²) in [5.41, 5.74) is 0.873. The average molecular weight is 458 g/mol. The summed E-state index contributed by atoms with van der Waals surface area (Å²) in [5.74, 6) is 1.48. The molecule has 0 aliphatic carbocycles. The molecular weight excluding hydrogens is 437 g/mol. The zero-order valence-corrected chi connectivity index (χ0v) is 17.9. The number of benzene rings is 1. The normalized spacial score (nSPS) is 17.5. The van der Waals surface area contributed by atoms with Gasteiger partial charge in [0.05, 0.1) is 24.2 Å². The number of pyridine rings is 1. The maximum atomic E-state index is 13.2. The Labute approximate surface area is 186 Å². The van der Waals surface area contributed by atoms with Crippen LogP contribution in [0.3, 0.4) is 0 Å². The lowest BCUT2D eigenvalue weighted by Gasteiger charge is -2.19. The Morgan fingerprint density at radius 2 is 2.06 bits per heavy atom. The molecule has 0 spiro atoms. The van der Waals surface area contributed by atoms with Gasteiger partial charge in [0.1, 0.15) is 24.1 Å². The van der Waals surface area contributed by atoms with Gasteiger partial charge in [0.25, 0.3) is 0 Å². The van der Waals surface area contributed by atoms with Crippen LogP contribution in [0.2, 0.25) is 0 Å². The first-order valence-corrected chi connectivity index (χ1v) is 10.5. The molecule has 3 aromatic heterocycles. The fourth-order valence-electron chi connectivity index (χ4n) is 3.89. The van der Waals surface area contributed by atoms with Crippen LogP contribution in [0.15, 0.2) is 36.7 Å². The molecule has 0 unspecified atom stereocenters. The lowest BCUT2D eigenvalue weighted by Crippen LogP contribution is -2.17. The number of anilines is 1. The number of hydrogen-bond acceptors (Lipinski definition) is 7. The van der Waals surface area contributed by atoms with Gasteiger partial charge in [-0.1, -0.05) is 12.1 Å². The minimum Gasteiger partial charge on any atom is -0.484 e. The smallest absolute Gasteiger partial charge is 0.416 e. The molecule has 4 aromatic rings. The molecule has 2 atom stereocenters. The molecule has 11 heteroatoms. The van der Waals surface area contributed by atoms with Crippen molar-refractivity contribution in [2.24, 2.45) is 0 Å². The van der Waals surface area contributed by atoms with Gasteiger partial charge in [0, 0.05) is 12.5 Å². The van der Waals surface area contributed by atoms with Crippen LogP contribution in [0.5, 0.6) is 5.75 Å². The van der Waals surface area contributed by atoms with Gasteiger partial charge in [-0.15, -0.1) is 10.2 Å². The molecule has 4 heterocycles. The second-order valence-corrected chi connectivity index (χ2v) is 7.98. The van der Waals surface area contributed by atoms with E-state index in [1.165, 1.54) is 6.07 Å². The number of rotatable bonds is 5. The standard InChI is InChI=1S/C22H21F3N6O2/c1-12(14-4-3-5-15(8-14)22(23,24)25)27-19-17-9-18(33-16-6-7-32-10-16)21-30-26-11-31(21)20(17)29-13(2)28-19/h3-5,8-9,11-12,16H,6-7,10H2,1-2H3,(H,27,28,29)/t12-,16+/m1/s1. The van der Waals surface area contributed by atoms with Crippen LogP contribution in [-0.2, 0) is 10.9 Å². The Morgan fingerprint density at radius 1 is 1.21 bits per heavy atom. The highest BCUT2D eigenvalue weighted by Crippen LogP contribution is 2.34. The summed E-state index contributed by atoms with van der Waals surface area (Å²) >= 11 is 0. The monoisotopic (exact) mass is 458 g/mol. The third-order valence-electron chi connectivity index (χ3n) is 5.56. The quantitative estimate of drug-likeness (QED) is 0.476. The summed E-state index contributed by atoms with van der Waals surface area (Å²) in [6, 6.07) is 6.58. The highest BCUT2D eigenvalue weighted by molar-refractivity contribution is 5.91. The van der Waals surface area contributed by atoms with E-state index < -0.39 is 17.8 Å². The molecule has 1 N–H and O–H groups in total. The summed E-state index contributed by atoms with van der Waals surface area (Å²) in [4.78, 5) is 9.06. The minimum absolute atomic E-state index is 0.102. The van der Waals surface area contributed by atoms with E-state index in [4.69, 9.17) is 9.47 Å². The number of fused-ring (bicyclic) bond motifs is 3. The molecule has 33 heavy (non-hydrogen) atoms. The van der Waals surface area contributed by atoms with Gasteiger partial charge < -0.3 is 14.8 Å². The predicted molar refractivity (Wildman–Crippen MR) is 114 cm³/mol. The molecule has 0 saturated carbocycles. The van der Waals surface area contributed by atoms with Gasteiger partial charge in [0.2, 0.25) is 5.65 Å². The van der Waals surface area contributed by atoms with E-state index >= 15 is 0 Å². The highest BCUT2D eigenvalue weighted by atomic mass is 19.4. The fraction of sp³-hybridized carbons (Fsp3) is 0.364. The molecule has 172 valence electrons. The Balaban J connectivity index is 1.56. The van der Waals surface area contributed by atoms with Crippen LogP contribution < -0.4 is 10.1 Å².